The summed E-state index contributed by atoms with van der Waals surface area (Å²) in [4.78, 5) is 10.9. The average Bonchev–Trinajstić information content (AvgIpc) is 2.09. The Morgan fingerprint density at radius 2 is 1.56 bits per heavy atom. The van der Waals surface area contributed by atoms with Gasteiger partial charge in [-0.1, -0.05) is 13.5 Å². The van der Waals surface area contributed by atoms with E-state index in [0.29, 0.717) is 6.08 Å². The molecule has 0 bridgehead atoms. The number of carbonyl (C=O) groups is 1. The van der Waals surface area contributed by atoms with E-state index in [2.05, 4.69) is 11.3 Å². The summed E-state index contributed by atoms with van der Waals surface area (Å²) in [6.07, 6.45) is -0.137. The zero-order valence-corrected chi connectivity index (χ0v) is 8.49. The molecule has 0 aromatic rings. The molecule has 0 amide bonds. The number of rotatable bonds is 5. The van der Waals surface area contributed by atoms with Crippen molar-refractivity contribution in [2.24, 2.45) is 0 Å². The van der Waals surface area contributed by atoms with Crippen LogP contribution in [0.15, 0.2) is 12.7 Å². The van der Waals surface area contributed by atoms with Gasteiger partial charge in [-0.15, -0.1) is 0 Å². The van der Waals surface area contributed by atoms with Gasteiger partial charge in [-0.2, -0.15) is 0 Å². The largest absolute Gasteiger partial charge is 0.438 e. The molecule has 0 radical (unpaired) electrons. The molecule has 0 aliphatic rings. The third kappa shape index (κ3) is 2.55. The van der Waals surface area contributed by atoms with Gasteiger partial charge in [0.2, 0.25) is 0 Å². The number of esters is 1. The summed E-state index contributed by atoms with van der Waals surface area (Å²) in [7, 11) is 0. The Kier molecular flexibility index (Phi) is 4.17. The van der Waals surface area contributed by atoms with Crippen molar-refractivity contribution in [1.29, 1.82) is 0 Å². The quantitative estimate of drug-likeness (QED) is 0.170. The van der Waals surface area contributed by atoms with E-state index in [1.165, 1.54) is 0 Å². The van der Waals surface area contributed by atoms with Crippen LogP contribution in [-0.2, 0) is 9.53 Å². The maximum Gasteiger partial charge on any atom is 0.331 e. The van der Waals surface area contributed by atoms with Gasteiger partial charge in [-0.25, -0.2) is 4.79 Å². The number of hydrogen-bond acceptors (Lipinski definition) is 8. The van der Waals surface area contributed by atoms with Crippen LogP contribution in [0.4, 0.5) is 0 Å². The van der Waals surface area contributed by atoms with Gasteiger partial charge in [0.1, 0.15) is 0 Å². The van der Waals surface area contributed by atoms with Gasteiger partial charge in [-0.05, 0) is 0 Å². The Labute approximate surface area is 90.6 Å². The second kappa shape index (κ2) is 4.45. The molecule has 6 N–H and O–H groups in total. The van der Waals surface area contributed by atoms with E-state index in [0.717, 1.165) is 6.92 Å². The van der Waals surface area contributed by atoms with Crippen molar-refractivity contribution < 1.29 is 40.2 Å². The van der Waals surface area contributed by atoms with Gasteiger partial charge in [0.15, 0.2) is 0 Å². The number of aliphatic hydroxyl groups is 6. The number of hydrogen-bond donors (Lipinski definition) is 6. The lowest BCUT2D eigenvalue weighted by Gasteiger charge is -2.42. The monoisotopic (exact) mass is 238 g/mol. The highest BCUT2D eigenvalue weighted by Crippen LogP contribution is 2.34. The molecular weight excluding hydrogens is 224 g/mol. The molecule has 0 saturated heterocycles. The predicted molar refractivity (Wildman–Crippen MR) is 48.1 cm³/mol. The van der Waals surface area contributed by atoms with Crippen LogP contribution in [-0.4, -0.2) is 54.2 Å². The minimum absolute atomic E-state index is 0.571. The first-order chi connectivity index (χ1) is 7.02. The van der Waals surface area contributed by atoms with Crippen LogP contribution in [0.25, 0.3) is 0 Å². The van der Waals surface area contributed by atoms with Gasteiger partial charge < -0.3 is 35.4 Å². The Bertz CT molecular complexity index is 257. The smallest absolute Gasteiger partial charge is 0.331 e. The first-order valence-corrected chi connectivity index (χ1v) is 4.21. The van der Waals surface area contributed by atoms with E-state index in [9.17, 15) is 4.79 Å². The van der Waals surface area contributed by atoms with Crippen molar-refractivity contribution in [3.8, 4) is 0 Å². The zero-order chi connectivity index (χ0) is 13.2. The fourth-order valence-corrected chi connectivity index (χ4v) is 1.12. The van der Waals surface area contributed by atoms with Crippen LogP contribution in [0.1, 0.15) is 13.3 Å². The summed E-state index contributed by atoms with van der Waals surface area (Å²) >= 11 is 0. The van der Waals surface area contributed by atoms with Gasteiger partial charge in [0.25, 0.3) is 5.60 Å². The summed E-state index contributed by atoms with van der Waals surface area (Å²) in [5.41, 5.74) is -3.15. The molecule has 0 aromatic heterocycles. The molecule has 0 spiro atoms. The van der Waals surface area contributed by atoms with Gasteiger partial charge in [0.05, 0.1) is 0 Å². The molecule has 8 nitrogen and oxygen atoms in total. The summed E-state index contributed by atoms with van der Waals surface area (Å²) in [6, 6.07) is 0. The van der Waals surface area contributed by atoms with Crippen LogP contribution in [0.5, 0.6) is 0 Å². The minimum Gasteiger partial charge on any atom is -0.438 e. The van der Waals surface area contributed by atoms with Crippen LogP contribution in [0, 0.1) is 0 Å². The molecule has 0 unspecified atom stereocenters. The van der Waals surface area contributed by atoms with E-state index in [1.807, 2.05) is 0 Å². The zero-order valence-electron chi connectivity index (χ0n) is 8.49. The summed E-state index contributed by atoms with van der Waals surface area (Å²) < 4.78 is 4.21. The Hall–Kier alpha value is -1.03. The Morgan fingerprint density at radius 1 is 1.19 bits per heavy atom. The molecule has 0 aromatic carbocycles. The van der Waals surface area contributed by atoms with Crippen molar-refractivity contribution in [1.82, 2.24) is 0 Å². The molecule has 0 rings (SSSR count). The maximum atomic E-state index is 10.9. The maximum absolute atomic E-state index is 10.9. The van der Waals surface area contributed by atoms with Crippen LogP contribution in [0.2, 0.25) is 0 Å². The molecule has 16 heavy (non-hydrogen) atoms. The molecule has 0 heterocycles. The first kappa shape index (κ1) is 15.0. The van der Waals surface area contributed by atoms with Crippen molar-refractivity contribution in [2.45, 2.75) is 30.9 Å². The summed E-state index contributed by atoms with van der Waals surface area (Å²) in [5.74, 6) is -9.03. The predicted octanol–water partition coefficient (Wildman–Crippen LogP) is -2.87. The number of ether oxygens (including phenoxy) is 1. The van der Waals surface area contributed by atoms with E-state index in [4.69, 9.17) is 30.6 Å². The highest BCUT2D eigenvalue weighted by atomic mass is 16.8. The van der Waals surface area contributed by atoms with Gasteiger partial charge >= 0.3 is 17.9 Å². The van der Waals surface area contributed by atoms with Crippen molar-refractivity contribution in [3.63, 3.8) is 0 Å². The normalized spacial score (nSPS) is 13.4. The van der Waals surface area contributed by atoms with Crippen molar-refractivity contribution in [3.05, 3.63) is 12.7 Å². The number of carbonyl (C=O) groups excluding carboxylic acids is 1. The van der Waals surface area contributed by atoms with Crippen molar-refractivity contribution >= 4 is 5.97 Å². The van der Waals surface area contributed by atoms with Gasteiger partial charge in [-0.3, -0.25) is 0 Å². The van der Waals surface area contributed by atoms with Crippen LogP contribution >= 0.6 is 0 Å². The molecular formula is C8H14O8. The topological polar surface area (TPSA) is 148 Å². The molecule has 0 aliphatic heterocycles. The highest BCUT2D eigenvalue weighted by molar-refractivity contribution is 5.81. The SMILES string of the molecule is C=CC(=O)OC(CC)(C(O)(O)O)C(O)(O)O. The fourth-order valence-electron chi connectivity index (χ4n) is 1.12. The molecule has 0 fully saturated rings. The minimum atomic E-state index is -3.86. The first-order valence-electron chi connectivity index (χ1n) is 4.21. The summed E-state index contributed by atoms with van der Waals surface area (Å²) in [6.45, 7) is 4.08. The van der Waals surface area contributed by atoms with Crippen LogP contribution in [0.3, 0.4) is 0 Å². The van der Waals surface area contributed by atoms with Crippen LogP contribution < -0.4 is 0 Å². The second-order valence-corrected chi connectivity index (χ2v) is 3.08. The highest BCUT2D eigenvalue weighted by Gasteiger charge is 2.65. The lowest BCUT2D eigenvalue weighted by molar-refractivity contribution is -0.492. The Morgan fingerprint density at radius 3 is 1.75 bits per heavy atom. The summed E-state index contributed by atoms with van der Waals surface area (Å²) in [5, 5.41) is 53.6. The van der Waals surface area contributed by atoms with E-state index >= 15 is 0 Å². The molecule has 0 saturated carbocycles. The average molecular weight is 238 g/mol. The van der Waals surface area contributed by atoms with Crippen molar-refractivity contribution in [2.75, 3.05) is 0 Å². The molecule has 0 aliphatic carbocycles. The van der Waals surface area contributed by atoms with E-state index in [-0.39, 0.29) is 0 Å². The third-order valence-corrected chi connectivity index (χ3v) is 2.02. The Balaban J connectivity index is 5.48. The lowest BCUT2D eigenvalue weighted by atomic mass is 9.94. The third-order valence-electron chi connectivity index (χ3n) is 2.02. The molecule has 94 valence electrons. The van der Waals surface area contributed by atoms with Gasteiger partial charge in [0, 0.05) is 12.5 Å². The molecule has 8 heteroatoms. The lowest BCUT2D eigenvalue weighted by Crippen LogP contribution is -2.69. The van der Waals surface area contributed by atoms with E-state index in [1.54, 1.807) is 0 Å². The second-order valence-electron chi connectivity index (χ2n) is 3.08. The standard InChI is InChI=1S/C8H14O8/c1-3-5(9)16-6(4-2,7(10,11)12)8(13,14)15/h3,10-15H,1,4H2,2H3. The molecule has 0 atom stereocenters. The van der Waals surface area contributed by atoms with E-state index < -0.39 is 29.9 Å². The fraction of sp³-hybridized carbons (Fsp3) is 0.625.